The summed E-state index contributed by atoms with van der Waals surface area (Å²) in [5.74, 6) is 1.07. The zero-order valence-electron chi connectivity index (χ0n) is 17.3. The van der Waals surface area contributed by atoms with Crippen molar-refractivity contribution in [2.75, 3.05) is 0 Å². The zero-order valence-corrected chi connectivity index (χ0v) is 19.3. The van der Waals surface area contributed by atoms with Crippen molar-refractivity contribution in [2.45, 2.75) is 58.9 Å². The molecule has 1 aliphatic heterocycles. The molecule has 0 radical (unpaired) electrons. The second-order valence-electron chi connectivity index (χ2n) is 9.57. The average molecular weight is 383 g/mol. The number of rotatable bonds is 2. The van der Waals surface area contributed by atoms with Gasteiger partial charge in [0.2, 0.25) is 8.32 Å². The molecule has 0 atom stereocenters. The third-order valence-electron chi connectivity index (χ3n) is 6.18. The second-order valence-corrected chi connectivity index (χ2v) is 18.6. The van der Waals surface area contributed by atoms with Crippen LogP contribution in [0.3, 0.4) is 0 Å². The molecule has 3 rings (SSSR count). The maximum atomic E-state index is 13.1. The first-order valence-corrected chi connectivity index (χ1v) is 15.2. The minimum atomic E-state index is -1.94. The summed E-state index contributed by atoms with van der Waals surface area (Å²) < 4.78 is 6.52. The van der Waals surface area contributed by atoms with E-state index in [1.54, 1.807) is 0 Å². The Labute approximate surface area is 159 Å². The molecular formula is C22H30O2Si2. The summed E-state index contributed by atoms with van der Waals surface area (Å²) in [7, 11) is -3.85. The summed E-state index contributed by atoms with van der Waals surface area (Å²) in [5.41, 5.74) is 2.97. The van der Waals surface area contributed by atoms with Crippen LogP contribution in [0, 0.1) is 6.92 Å². The SMILES string of the molecule is Cc1ccc2c(c1)[Si](C)(C)c1cc(O[Si](C)(C)C(C)(C)C)ccc1C2=O. The number of hydrogen-bond acceptors (Lipinski definition) is 2. The Balaban J connectivity index is 2.11. The van der Waals surface area contributed by atoms with E-state index in [2.05, 4.69) is 66.0 Å². The minimum Gasteiger partial charge on any atom is -0.544 e. The molecule has 0 saturated heterocycles. The number of hydrogen-bond donors (Lipinski definition) is 0. The Morgan fingerprint density at radius 1 is 0.923 bits per heavy atom. The second kappa shape index (κ2) is 5.93. The Kier molecular flexibility index (Phi) is 4.36. The van der Waals surface area contributed by atoms with Crippen LogP contribution in [-0.2, 0) is 0 Å². The first kappa shape index (κ1) is 19.1. The molecule has 1 aliphatic rings. The number of aryl methyl sites for hydroxylation is 1. The van der Waals surface area contributed by atoms with E-state index in [-0.39, 0.29) is 10.8 Å². The van der Waals surface area contributed by atoms with Gasteiger partial charge >= 0.3 is 0 Å². The molecule has 0 saturated carbocycles. The summed E-state index contributed by atoms with van der Waals surface area (Å²) in [6.45, 7) is 18.1. The van der Waals surface area contributed by atoms with E-state index in [1.165, 1.54) is 15.9 Å². The molecule has 2 aromatic rings. The topological polar surface area (TPSA) is 26.3 Å². The standard InChI is InChI=1S/C22H30O2Si2/c1-15-9-11-17-19(13-15)25(5,6)20-14-16(10-12-18(20)21(17)23)24-26(7,8)22(2,3)4/h9-14H,1-8H3. The Morgan fingerprint density at radius 3 is 2.04 bits per heavy atom. The van der Waals surface area contributed by atoms with Crippen molar-refractivity contribution >= 4 is 32.5 Å². The minimum absolute atomic E-state index is 0.148. The van der Waals surface area contributed by atoms with Gasteiger partial charge < -0.3 is 4.43 Å². The van der Waals surface area contributed by atoms with Gasteiger partial charge in [-0.1, -0.05) is 57.6 Å². The summed E-state index contributed by atoms with van der Waals surface area (Å²) in [4.78, 5) is 13.1. The molecule has 0 aliphatic carbocycles. The van der Waals surface area contributed by atoms with E-state index in [0.717, 1.165) is 16.9 Å². The highest BCUT2D eigenvalue weighted by Crippen LogP contribution is 2.37. The third kappa shape index (κ3) is 2.99. The van der Waals surface area contributed by atoms with E-state index in [1.807, 2.05) is 24.3 Å². The summed E-state index contributed by atoms with van der Waals surface area (Å²) in [6.07, 6.45) is 0. The van der Waals surface area contributed by atoms with Gasteiger partial charge in [0.15, 0.2) is 5.78 Å². The van der Waals surface area contributed by atoms with Gasteiger partial charge in [-0.2, -0.15) is 0 Å². The molecule has 0 bridgehead atoms. The summed E-state index contributed by atoms with van der Waals surface area (Å²) in [5, 5.41) is 2.60. The molecular weight excluding hydrogens is 352 g/mol. The number of fused-ring (bicyclic) bond motifs is 2. The number of carbonyl (C=O) groups excluding carboxylic acids is 1. The van der Waals surface area contributed by atoms with Crippen molar-refractivity contribution in [1.29, 1.82) is 0 Å². The van der Waals surface area contributed by atoms with Gasteiger partial charge in [-0.15, -0.1) is 0 Å². The molecule has 26 heavy (non-hydrogen) atoms. The van der Waals surface area contributed by atoms with E-state index < -0.39 is 16.4 Å². The van der Waals surface area contributed by atoms with Crippen LogP contribution in [0.1, 0.15) is 42.3 Å². The van der Waals surface area contributed by atoms with Crippen LogP contribution in [0.25, 0.3) is 0 Å². The lowest BCUT2D eigenvalue weighted by Gasteiger charge is -2.38. The number of ketones is 1. The number of benzene rings is 2. The van der Waals surface area contributed by atoms with Crippen molar-refractivity contribution in [2.24, 2.45) is 0 Å². The molecule has 138 valence electrons. The normalized spacial score (nSPS) is 16.1. The maximum Gasteiger partial charge on any atom is 0.250 e. The Hall–Kier alpha value is -1.66. The van der Waals surface area contributed by atoms with Crippen LogP contribution in [-0.4, -0.2) is 22.2 Å². The molecule has 0 fully saturated rings. The largest absolute Gasteiger partial charge is 0.544 e. The van der Waals surface area contributed by atoms with Gasteiger partial charge in [0.25, 0.3) is 0 Å². The van der Waals surface area contributed by atoms with Crippen LogP contribution in [0.15, 0.2) is 36.4 Å². The fraction of sp³-hybridized carbons (Fsp3) is 0.409. The van der Waals surface area contributed by atoms with Crippen molar-refractivity contribution in [3.05, 3.63) is 53.1 Å². The smallest absolute Gasteiger partial charge is 0.250 e. The van der Waals surface area contributed by atoms with E-state index in [4.69, 9.17) is 4.43 Å². The molecule has 2 nitrogen and oxygen atoms in total. The lowest BCUT2D eigenvalue weighted by Crippen LogP contribution is -2.60. The quantitative estimate of drug-likeness (QED) is 0.701. The van der Waals surface area contributed by atoms with Crippen LogP contribution in [0.5, 0.6) is 5.75 Å². The van der Waals surface area contributed by atoms with Gasteiger partial charge in [-0.25, -0.2) is 0 Å². The van der Waals surface area contributed by atoms with E-state index in [9.17, 15) is 4.79 Å². The Bertz CT molecular complexity index is 890. The molecule has 0 amide bonds. The maximum absolute atomic E-state index is 13.1. The highest BCUT2D eigenvalue weighted by molar-refractivity contribution is 7.02. The van der Waals surface area contributed by atoms with Crippen LogP contribution >= 0.6 is 0 Å². The predicted octanol–water partition coefficient (Wildman–Crippen LogP) is 4.75. The van der Waals surface area contributed by atoms with Crippen molar-refractivity contribution in [1.82, 2.24) is 0 Å². The molecule has 0 spiro atoms. The molecule has 0 aromatic heterocycles. The Morgan fingerprint density at radius 2 is 1.46 bits per heavy atom. The van der Waals surface area contributed by atoms with Crippen LogP contribution < -0.4 is 14.8 Å². The average Bonchev–Trinajstić information content (AvgIpc) is 2.51. The third-order valence-corrected chi connectivity index (χ3v) is 14.1. The fourth-order valence-electron chi connectivity index (χ4n) is 3.41. The van der Waals surface area contributed by atoms with Gasteiger partial charge in [0.05, 0.1) is 0 Å². The lowest BCUT2D eigenvalue weighted by atomic mass is 10.0. The van der Waals surface area contributed by atoms with E-state index >= 15 is 0 Å². The monoisotopic (exact) mass is 382 g/mol. The molecule has 4 heteroatoms. The predicted molar refractivity (Wildman–Crippen MR) is 116 cm³/mol. The molecule has 1 heterocycles. The fourth-order valence-corrected chi connectivity index (χ4v) is 7.56. The van der Waals surface area contributed by atoms with Gasteiger partial charge in [-0.3, -0.25) is 4.79 Å². The zero-order chi connectivity index (χ0) is 19.5. The summed E-state index contributed by atoms with van der Waals surface area (Å²) in [6, 6.07) is 12.4. The molecule has 0 unspecified atom stereocenters. The molecule has 0 N–H and O–H groups in total. The number of carbonyl (C=O) groups is 1. The van der Waals surface area contributed by atoms with Crippen molar-refractivity contribution in [3.8, 4) is 5.75 Å². The van der Waals surface area contributed by atoms with Crippen LogP contribution in [0.2, 0.25) is 31.2 Å². The van der Waals surface area contributed by atoms with E-state index in [0.29, 0.717) is 0 Å². The van der Waals surface area contributed by atoms with Gasteiger partial charge in [0, 0.05) is 11.1 Å². The highest BCUT2D eigenvalue weighted by atomic mass is 28.4. The lowest BCUT2D eigenvalue weighted by molar-refractivity contribution is 0.104. The van der Waals surface area contributed by atoms with Crippen molar-refractivity contribution in [3.63, 3.8) is 0 Å². The first-order chi connectivity index (χ1) is 11.8. The molecule has 2 aromatic carbocycles. The van der Waals surface area contributed by atoms with Crippen LogP contribution in [0.4, 0.5) is 0 Å². The summed E-state index contributed by atoms with van der Waals surface area (Å²) >= 11 is 0. The first-order valence-electron chi connectivity index (χ1n) is 9.34. The van der Waals surface area contributed by atoms with Crippen molar-refractivity contribution < 1.29 is 9.22 Å². The van der Waals surface area contributed by atoms with Gasteiger partial charge in [0.1, 0.15) is 13.8 Å². The highest BCUT2D eigenvalue weighted by Gasteiger charge is 2.41. The van der Waals surface area contributed by atoms with Gasteiger partial charge in [-0.05, 0) is 53.6 Å².